The van der Waals surface area contributed by atoms with Gasteiger partial charge in [0.25, 0.3) is 0 Å². The number of hydrogen-bond donors (Lipinski definition) is 3. The molecule has 2 fully saturated rings. The van der Waals surface area contributed by atoms with Crippen molar-refractivity contribution in [1.29, 1.82) is 0 Å². The van der Waals surface area contributed by atoms with Crippen molar-refractivity contribution in [3.8, 4) is 0 Å². The number of benzene rings is 2. The number of nitrogens with one attached hydrogen (secondary N) is 1. The van der Waals surface area contributed by atoms with Crippen molar-refractivity contribution < 1.29 is 47.6 Å². The third-order valence-electron chi connectivity index (χ3n) is 5.93. The van der Waals surface area contributed by atoms with E-state index in [2.05, 4.69) is 5.32 Å². The van der Waals surface area contributed by atoms with E-state index in [1.807, 2.05) is 0 Å². The summed E-state index contributed by atoms with van der Waals surface area (Å²) < 4.78 is 133. The monoisotopic (exact) mass is 558 g/mol. The molecule has 0 spiro atoms. The maximum atomic E-state index is 13.9. The second kappa shape index (κ2) is 12.4. The lowest BCUT2D eigenvalue weighted by molar-refractivity contribution is -0.0907. The second-order valence-corrected chi connectivity index (χ2v) is 10.7. The van der Waals surface area contributed by atoms with Crippen LogP contribution in [-0.4, -0.2) is 74.7 Å². The number of fused-ring (bicyclic) bond motifs is 1. The van der Waals surface area contributed by atoms with Gasteiger partial charge in [0.1, 0.15) is 6.10 Å². The van der Waals surface area contributed by atoms with Crippen LogP contribution in [0.2, 0.25) is 0 Å². The van der Waals surface area contributed by atoms with Crippen LogP contribution in [0, 0.1) is 11.8 Å². The topological polar surface area (TPSA) is 140 Å². The van der Waals surface area contributed by atoms with Crippen molar-refractivity contribution in [1.82, 2.24) is 9.62 Å². The molecule has 2 aliphatic rings. The molecule has 11 heteroatoms. The summed E-state index contributed by atoms with van der Waals surface area (Å²) in [4.78, 5) is 12.8. The Morgan fingerprint density at radius 2 is 2.00 bits per heavy atom. The second-order valence-electron chi connectivity index (χ2n) is 8.72. The third-order valence-corrected chi connectivity index (χ3v) is 7.76. The number of carbonyl (C=O) groups is 1. The molecule has 5 atom stereocenters. The number of aliphatic hydroxyl groups is 1. The molecule has 0 bridgehead atoms. The fourth-order valence-electron chi connectivity index (χ4n) is 4.04. The first-order valence-electron chi connectivity index (χ1n) is 17.2. The molecule has 2 aliphatic heterocycles. The predicted molar refractivity (Wildman–Crippen MR) is 142 cm³/mol. The quantitative estimate of drug-likeness (QED) is 0.357. The van der Waals surface area contributed by atoms with Crippen LogP contribution >= 0.6 is 0 Å². The largest absolute Gasteiger partial charge is 0.443 e. The fourth-order valence-corrected chi connectivity index (χ4v) is 5.46. The Kier molecular flexibility index (Phi) is 5.59. The van der Waals surface area contributed by atoms with E-state index in [0.717, 1.165) is 12.1 Å². The Balaban J connectivity index is 1.68. The highest BCUT2D eigenvalue weighted by Gasteiger charge is 2.44. The number of alkyl carbamates (subject to hydrolysis) is 1. The van der Waals surface area contributed by atoms with Crippen molar-refractivity contribution in [2.75, 3.05) is 32.0 Å². The van der Waals surface area contributed by atoms with Crippen LogP contribution in [0.4, 0.5) is 10.5 Å². The maximum Gasteiger partial charge on any atom is 0.407 e. The molecule has 4 N–H and O–H groups in total. The standard InChI is InChI=1S/C27H37N3O7S/c1-18(2)15-30(38(33,34)21-10-8-20(28)9-11-21)16-24(31)23(14-19-6-4-3-5-7-19)29-27(32)37-25-17-36-26-22(25)12-13-35-26/h3-11,18,22-26,31H,12-17,28H2,1-2H3,(H,29,32)/t22-,23-,24+,25-,26+/m0/s1/i1D3,2D3,12D2,18D,22D,26D. The molecular weight excluding hydrogens is 510 g/mol. The molecule has 0 aromatic heterocycles. The van der Waals surface area contributed by atoms with Gasteiger partial charge in [-0.05, 0) is 48.5 Å². The van der Waals surface area contributed by atoms with E-state index in [0.29, 0.717) is 9.87 Å². The third kappa shape index (κ3) is 7.03. The number of rotatable bonds is 11. The molecule has 0 unspecified atom stereocenters. The minimum Gasteiger partial charge on any atom is -0.443 e. The van der Waals surface area contributed by atoms with E-state index in [4.69, 9.17) is 35.0 Å². The molecule has 38 heavy (non-hydrogen) atoms. The van der Waals surface area contributed by atoms with Crippen LogP contribution < -0.4 is 11.1 Å². The number of amides is 1. The van der Waals surface area contributed by atoms with Crippen molar-refractivity contribution in [3.63, 3.8) is 0 Å². The maximum absolute atomic E-state index is 13.9. The number of hydrogen-bond acceptors (Lipinski definition) is 8. The van der Waals surface area contributed by atoms with Crippen molar-refractivity contribution in [3.05, 3.63) is 60.2 Å². The van der Waals surface area contributed by atoms with Gasteiger partial charge in [-0.3, -0.25) is 0 Å². The molecule has 2 aromatic rings. The lowest BCUT2D eigenvalue weighted by Gasteiger charge is -2.31. The van der Waals surface area contributed by atoms with Crippen LogP contribution in [0.15, 0.2) is 59.5 Å². The number of aliphatic hydroxyl groups excluding tert-OH is 1. The zero-order valence-corrected chi connectivity index (χ0v) is 21.1. The average molecular weight is 559 g/mol. The molecule has 2 saturated heterocycles. The SMILES string of the molecule is [2H]C([2H])([2H])C([2H])(CN(C[C@@H](O)[C@H](Cc1ccccc1)NC(=O)O[C@H]1CO[C@@]2([2H])OCC([2H])([2H])[C@@]12[2H])S(=O)(=O)c1ccc(N)cc1)C([2H])([2H])[2H]. The van der Waals surface area contributed by atoms with Crippen molar-refractivity contribution in [2.24, 2.45) is 11.8 Å². The van der Waals surface area contributed by atoms with Crippen LogP contribution in [-0.2, 0) is 30.7 Å². The number of anilines is 1. The van der Waals surface area contributed by atoms with Gasteiger partial charge in [0.2, 0.25) is 10.0 Å². The van der Waals surface area contributed by atoms with E-state index in [-0.39, 0.29) is 12.1 Å². The molecule has 2 heterocycles. The molecule has 0 radical (unpaired) electrons. The van der Waals surface area contributed by atoms with Gasteiger partial charge < -0.3 is 30.4 Å². The number of nitrogens with two attached hydrogens (primary N) is 1. The summed E-state index contributed by atoms with van der Waals surface area (Å²) in [5.41, 5.74) is 6.38. The molecule has 10 nitrogen and oxygen atoms in total. The van der Waals surface area contributed by atoms with Crippen LogP contribution in [0.5, 0.6) is 0 Å². The van der Waals surface area contributed by atoms with Crippen molar-refractivity contribution >= 4 is 21.8 Å². The zero-order chi connectivity index (χ0) is 36.8. The number of nitrogens with zero attached hydrogens (tertiary/aromatic N) is 1. The Labute approximate surface area is 239 Å². The lowest BCUT2D eigenvalue weighted by atomic mass is 10.0. The highest BCUT2D eigenvalue weighted by atomic mass is 32.2. The van der Waals surface area contributed by atoms with Gasteiger partial charge in [-0.15, -0.1) is 0 Å². The smallest absolute Gasteiger partial charge is 0.407 e. The average Bonchev–Trinajstić information content (AvgIpc) is 3.35. The minimum atomic E-state index is -4.82. The Morgan fingerprint density at radius 3 is 2.71 bits per heavy atom. The van der Waals surface area contributed by atoms with E-state index in [1.165, 1.54) is 12.1 Å². The molecule has 0 aliphatic carbocycles. The summed E-state index contributed by atoms with van der Waals surface area (Å²) in [5.74, 6) is -5.87. The number of nitrogen functional groups attached to an aromatic ring is 1. The van der Waals surface area contributed by atoms with Gasteiger partial charge in [-0.2, -0.15) is 4.31 Å². The Hall–Kier alpha value is -2.70. The Bertz CT molecular complexity index is 1590. The summed E-state index contributed by atoms with van der Waals surface area (Å²) in [5, 5.41) is 13.9. The van der Waals surface area contributed by atoms with E-state index >= 15 is 0 Å². The number of sulfonamides is 1. The normalized spacial score (nSPS) is 33.2. The van der Waals surface area contributed by atoms with Crippen molar-refractivity contribution in [2.45, 2.75) is 55.9 Å². The molecule has 208 valence electrons. The molecule has 2 aromatic carbocycles. The first kappa shape index (κ1) is 17.1. The summed E-state index contributed by atoms with van der Waals surface area (Å²) in [6.07, 6.45) is -9.99. The minimum absolute atomic E-state index is 0.179. The summed E-state index contributed by atoms with van der Waals surface area (Å²) in [6.45, 7) is -10.7. The fraction of sp³-hybridized carbons (Fsp3) is 0.519. The van der Waals surface area contributed by atoms with E-state index in [9.17, 15) is 18.3 Å². The van der Waals surface area contributed by atoms with Gasteiger partial charge in [0, 0.05) is 32.5 Å². The zero-order valence-electron chi connectivity index (χ0n) is 31.3. The summed E-state index contributed by atoms with van der Waals surface area (Å²) in [7, 11) is -4.82. The molecule has 0 saturated carbocycles. The van der Waals surface area contributed by atoms with Gasteiger partial charge in [0.15, 0.2) is 6.27 Å². The highest BCUT2D eigenvalue weighted by Crippen LogP contribution is 2.33. The van der Waals surface area contributed by atoms with Gasteiger partial charge in [-0.25, -0.2) is 13.2 Å². The molecular formula is C27H37N3O7S. The summed E-state index contributed by atoms with van der Waals surface area (Å²) in [6, 6.07) is 11.4. The van der Waals surface area contributed by atoms with Crippen LogP contribution in [0.25, 0.3) is 0 Å². The predicted octanol–water partition coefficient (Wildman–Crippen LogP) is 2.38. The van der Waals surface area contributed by atoms with Gasteiger partial charge in [0.05, 0.1) is 37.5 Å². The number of ether oxygens (including phenoxy) is 3. The van der Waals surface area contributed by atoms with E-state index in [1.54, 1.807) is 30.3 Å². The Morgan fingerprint density at radius 1 is 1.26 bits per heavy atom. The highest BCUT2D eigenvalue weighted by molar-refractivity contribution is 7.89. The molecule has 4 rings (SSSR count). The van der Waals surface area contributed by atoms with E-state index < -0.39 is 104 Å². The first-order valence-corrected chi connectivity index (χ1v) is 13.1. The van der Waals surface area contributed by atoms with Gasteiger partial charge in [-0.1, -0.05) is 44.0 Å². The first-order chi connectivity index (χ1) is 22.4. The van der Waals surface area contributed by atoms with Gasteiger partial charge >= 0.3 is 6.09 Å². The summed E-state index contributed by atoms with van der Waals surface area (Å²) >= 11 is 0. The number of carbonyl (C=O) groups excluding carboxylic acids is 1. The molecule has 1 amide bonds. The van der Waals surface area contributed by atoms with Crippen LogP contribution in [0.1, 0.15) is 40.7 Å². The lowest BCUT2D eigenvalue weighted by Crippen LogP contribution is -2.51. The van der Waals surface area contributed by atoms with Crippen LogP contribution in [0.3, 0.4) is 0 Å².